The van der Waals surface area contributed by atoms with Crippen molar-refractivity contribution in [2.24, 2.45) is 5.92 Å². The minimum Gasteiger partial charge on any atom is -0.343 e. The molecule has 2 amide bonds. The van der Waals surface area contributed by atoms with E-state index in [-0.39, 0.29) is 17.9 Å². The Kier molecular flexibility index (Phi) is 4.66. The van der Waals surface area contributed by atoms with Crippen LogP contribution in [0, 0.1) is 12.8 Å². The van der Waals surface area contributed by atoms with Gasteiger partial charge in [-0.1, -0.05) is 38.1 Å². The summed E-state index contributed by atoms with van der Waals surface area (Å²) < 4.78 is 0. The first-order valence-electron chi connectivity index (χ1n) is 7.55. The lowest BCUT2D eigenvalue weighted by Crippen LogP contribution is -2.62. The molecule has 2 rings (SSSR count). The fourth-order valence-corrected chi connectivity index (χ4v) is 2.76. The quantitative estimate of drug-likeness (QED) is 0.924. The van der Waals surface area contributed by atoms with Gasteiger partial charge in [0.25, 0.3) is 0 Å². The van der Waals surface area contributed by atoms with Crippen LogP contribution in [0.3, 0.4) is 0 Å². The van der Waals surface area contributed by atoms with Gasteiger partial charge in [-0.15, -0.1) is 0 Å². The molecule has 2 unspecified atom stereocenters. The van der Waals surface area contributed by atoms with E-state index in [4.69, 9.17) is 0 Å². The lowest BCUT2D eigenvalue weighted by Gasteiger charge is -2.39. The van der Waals surface area contributed by atoms with E-state index in [0.717, 1.165) is 11.1 Å². The Morgan fingerprint density at radius 1 is 1.24 bits per heavy atom. The maximum Gasteiger partial charge on any atom is 0.245 e. The van der Waals surface area contributed by atoms with Crippen LogP contribution in [0.25, 0.3) is 0 Å². The minimum atomic E-state index is -0.440. The van der Waals surface area contributed by atoms with E-state index in [9.17, 15) is 9.59 Å². The monoisotopic (exact) mass is 288 g/mol. The second-order valence-corrected chi connectivity index (χ2v) is 6.27. The lowest BCUT2D eigenvalue weighted by atomic mass is 9.97. The van der Waals surface area contributed by atoms with Gasteiger partial charge < -0.3 is 10.2 Å². The summed E-state index contributed by atoms with van der Waals surface area (Å²) in [6.07, 6.45) is 0.691. The molecule has 1 heterocycles. The van der Waals surface area contributed by atoms with Crippen molar-refractivity contribution < 1.29 is 9.59 Å². The zero-order valence-corrected chi connectivity index (χ0v) is 13.2. The molecule has 1 aliphatic heterocycles. The van der Waals surface area contributed by atoms with Gasteiger partial charge >= 0.3 is 0 Å². The van der Waals surface area contributed by atoms with E-state index < -0.39 is 6.04 Å². The van der Waals surface area contributed by atoms with Gasteiger partial charge in [-0.25, -0.2) is 0 Å². The fourth-order valence-electron chi connectivity index (χ4n) is 2.76. The van der Waals surface area contributed by atoms with Crippen LogP contribution in [0.4, 0.5) is 0 Å². The number of benzene rings is 1. The number of amides is 2. The summed E-state index contributed by atoms with van der Waals surface area (Å²) in [5, 5.41) is 2.78. The molecule has 1 aromatic rings. The van der Waals surface area contributed by atoms with Gasteiger partial charge in [0, 0.05) is 6.54 Å². The molecular formula is C17H24N2O2. The molecule has 0 radical (unpaired) electrons. The van der Waals surface area contributed by atoms with E-state index in [1.54, 1.807) is 11.8 Å². The molecule has 114 valence electrons. The van der Waals surface area contributed by atoms with E-state index in [0.29, 0.717) is 18.9 Å². The number of carbonyl (C=O) groups is 2. The van der Waals surface area contributed by atoms with Crippen LogP contribution in [0.2, 0.25) is 0 Å². The molecule has 0 saturated carbocycles. The van der Waals surface area contributed by atoms with Crippen molar-refractivity contribution in [3.63, 3.8) is 0 Å². The third kappa shape index (κ3) is 3.43. The summed E-state index contributed by atoms with van der Waals surface area (Å²) in [7, 11) is 0. The van der Waals surface area contributed by atoms with Gasteiger partial charge in [-0.2, -0.15) is 0 Å². The second-order valence-electron chi connectivity index (χ2n) is 6.27. The first kappa shape index (κ1) is 15.5. The number of carbonyl (C=O) groups excluding carboxylic acids is 2. The highest BCUT2D eigenvalue weighted by atomic mass is 16.2. The summed E-state index contributed by atoms with van der Waals surface area (Å²) in [6.45, 7) is 8.42. The van der Waals surface area contributed by atoms with Crippen LogP contribution in [0.5, 0.6) is 0 Å². The minimum absolute atomic E-state index is 0.00324. The van der Waals surface area contributed by atoms with Crippen molar-refractivity contribution in [1.82, 2.24) is 10.2 Å². The molecule has 4 heteroatoms. The standard InChI is InChI=1S/C17H24N2O2/c1-11(2)9-15-16(20)18-13(4)17(21)19(15)10-14-8-6-5-7-12(14)3/h5-8,11,13,15H,9-10H2,1-4H3,(H,18,20). The van der Waals surface area contributed by atoms with Gasteiger partial charge in [-0.05, 0) is 37.3 Å². The predicted molar refractivity (Wildman–Crippen MR) is 82.6 cm³/mol. The second kappa shape index (κ2) is 6.29. The fraction of sp³-hybridized carbons (Fsp3) is 0.529. The van der Waals surface area contributed by atoms with E-state index in [2.05, 4.69) is 19.2 Å². The van der Waals surface area contributed by atoms with Gasteiger partial charge in [0.2, 0.25) is 11.8 Å². The number of nitrogens with one attached hydrogen (secondary N) is 1. The first-order valence-corrected chi connectivity index (χ1v) is 7.55. The van der Waals surface area contributed by atoms with Crippen LogP contribution < -0.4 is 5.32 Å². The van der Waals surface area contributed by atoms with Crippen molar-refractivity contribution in [1.29, 1.82) is 0 Å². The van der Waals surface area contributed by atoms with Crippen molar-refractivity contribution in [2.45, 2.75) is 52.7 Å². The van der Waals surface area contributed by atoms with Crippen LogP contribution >= 0.6 is 0 Å². The molecule has 1 saturated heterocycles. The Balaban J connectivity index is 2.27. The van der Waals surface area contributed by atoms with Crippen molar-refractivity contribution in [3.05, 3.63) is 35.4 Å². The molecule has 0 bridgehead atoms. The van der Waals surface area contributed by atoms with Gasteiger partial charge in [0.15, 0.2) is 0 Å². The van der Waals surface area contributed by atoms with Gasteiger partial charge in [-0.3, -0.25) is 9.59 Å². The lowest BCUT2D eigenvalue weighted by molar-refractivity contribution is -0.150. The molecule has 0 spiro atoms. The number of rotatable bonds is 4. The van der Waals surface area contributed by atoms with Crippen LogP contribution in [-0.2, 0) is 16.1 Å². The molecule has 1 aliphatic rings. The van der Waals surface area contributed by atoms with Crippen LogP contribution in [0.15, 0.2) is 24.3 Å². The molecule has 1 N–H and O–H groups in total. The molecular weight excluding hydrogens is 264 g/mol. The summed E-state index contributed by atoms with van der Waals surface area (Å²) >= 11 is 0. The third-order valence-electron chi connectivity index (χ3n) is 3.99. The summed E-state index contributed by atoms with van der Waals surface area (Å²) in [4.78, 5) is 26.5. The summed E-state index contributed by atoms with van der Waals surface area (Å²) in [6, 6.07) is 7.20. The zero-order valence-electron chi connectivity index (χ0n) is 13.2. The van der Waals surface area contributed by atoms with Gasteiger partial charge in [0.05, 0.1) is 0 Å². The Labute approximate surface area is 126 Å². The summed E-state index contributed by atoms with van der Waals surface area (Å²) in [5.74, 6) is 0.328. The Morgan fingerprint density at radius 2 is 1.90 bits per heavy atom. The number of hydrogen-bond donors (Lipinski definition) is 1. The maximum atomic E-state index is 12.5. The largest absolute Gasteiger partial charge is 0.343 e. The highest BCUT2D eigenvalue weighted by molar-refractivity contribution is 5.96. The SMILES string of the molecule is Cc1ccccc1CN1C(=O)C(C)NC(=O)C1CC(C)C. The Hall–Kier alpha value is -1.84. The van der Waals surface area contributed by atoms with E-state index >= 15 is 0 Å². The number of aryl methyl sites for hydroxylation is 1. The van der Waals surface area contributed by atoms with Crippen molar-refractivity contribution in [2.75, 3.05) is 0 Å². The molecule has 21 heavy (non-hydrogen) atoms. The smallest absolute Gasteiger partial charge is 0.245 e. The average molecular weight is 288 g/mol. The number of nitrogens with zero attached hydrogens (tertiary/aromatic N) is 1. The molecule has 0 aromatic heterocycles. The first-order chi connectivity index (χ1) is 9.90. The highest BCUT2D eigenvalue weighted by Crippen LogP contribution is 2.21. The van der Waals surface area contributed by atoms with E-state index in [1.165, 1.54) is 0 Å². The maximum absolute atomic E-state index is 12.5. The topological polar surface area (TPSA) is 49.4 Å². The third-order valence-corrected chi connectivity index (χ3v) is 3.99. The Morgan fingerprint density at radius 3 is 2.52 bits per heavy atom. The molecule has 2 atom stereocenters. The predicted octanol–water partition coefficient (Wildman–Crippen LogP) is 2.26. The zero-order chi connectivity index (χ0) is 15.6. The normalized spacial score (nSPS) is 22.6. The number of hydrogen-bond acceptors (Lipinski definition) is 2. The van der Waals surface area contributed by atoms with Crippen LogP contribution in [0.1, 0.15) is 38.3 Å². The number of piperazine rings is 1. The van der Waals surface area contributed by atoms with Crippen molar-refractivity contribution in [3.8, 4) is 0 Å². The molecule has 1 aromatic carbocycles. The van der Waals surface area contributed by atoms with Gasteiger partial charge in [0.1, 0.15) is 12.1 Å². The van der Waals surface area contributed by atoms with E-state index in [1.807, 2.05) is 31.2 Å². The summed E-state index contributed by atoms with van der Waals surface area (Å²) in [5.41, 5.74) is 2.24. The van der Waals surface area contributed by atoms with Crippen LogP contribution in [-0.4, -0.2) is 28.8 Å². The highest BCUT2D eigenvalue weighted by Gasteiger charge is 2.38. The average Bonchev–Trinajstić information content (AvgIpc) is 2.42. The molecule has 4 nitrogen and oxygen atoms in total. The van der Waals surface area contributed by atoms with Crippen molar-refractivity contribution >= 4 is 11.8 Å². The molecule has 1 fully saturated rings. The molecule has 0 aliphatic carbocycles. The Bertz CT molecular complexity index is 539.